The number of fused-ring (bicyclic) bond motifs is 1. The number of ether oxygens (including phenoxy) is 2. The van der Waals surface area contributed by atoms with Crippen LogP contribution in [-0.4, -0.2) is 37.1 Å². The van der Waals surface area contributed by atoms with Crippen molar-refractivity contribution in [2.24, 2.45) is 5.92 Å². The zero-order chi connectivity index (χ0) is 13.1. The van der Waals surface area contributed by atoms with Gasteiger partial charge in [0.15, 0.2) is 17.6 Å². The van der Waals surface area contributed by atoms with Gasteiger partial charge in [0, 0.05) is 13.0 Å². The second kappa shape index (κ2) is 5.29. The summed E-state index contributed by atoms with van der Waals surface area (Å²) in [5, 5.41) is 0. The average molecular weight is 249 g/mol. The monoisotopic (exact) mass is 249 g/mol. The number of carbonyl (C=O) groups is 1. The Hall–Kier alpha value is -1.71. The van der Waals surface area contributed by atoms with Crippen LogP contribution in [0.5, 0.6) is 11.5 Å². The minimum absolute atomic E-state index is 0.00629. The summed E-state index contributed by atoms with van der Waals surface area (Å²) in [7, 11) is 1.80. The molecule has 0 radical (unpaired) electrons. The first-order valence-electron chi connectivity index (χ1n) is 6.21. The van der Waals surface area contributed by atoms with E-state index in [0.29, 0.717) is 13.2 Å². The standard InChI is InChI=1S/C14H19NO3/c1-10(2)14(16)15(3)8-11-9-17-12-6-4-5-7-13(12)18-11/h4-7,10-11H,8-9H2,1-3H3. The van der Waals surface area contributed by atoms with Gasteiger partial charge in [-0.05, 0) is 12.1 Å². The molecule has 1 aromatic carbocycles. The molecule has 4 nitrogen and oxygen atoms in total. The van der Waals surface area contributed by atoms with Crippen LogP contribution in [-0.2, 0) is 4.79 Å². The van der Waals surface area contributed by atoms with E-state index in [0.717, 1.165) is 11.5 Å². The molecular formula is C14H19NO3. The first kappa shape index (κ1) is 12.7. The van der Waals surface area contributed by atoms with Gasteiger partial charge in [-0.15, -0.1) is 0 Å². The zero-order valence-corrected chi connectivity index (χ0v) is 11.1. The Bertz CT molecular complexity index is 431. The quantitative estimate of drug-likeness (QED) is 0.821. The molecule has 1 unspecified atom stereocenters. The van der Waals surface area contributed by atoms with Gasteiger partial charge < -0.3 is 14.4 Å². The van der Waals surface area contributed by atoms with E-state index in [9.17, 15) is 4.79 Å². The Kier molecular flexibility index (Phi) is 3.75. The smallest absolute Gasteiger partial charge is 0.224 e. The highest BCUT2D eigenvalue weighted by Crippen LogP contribution is 2.30. The van der Waals surface area contributed by atoms with Crippen LogP contribution in [0.4, 0.5) is 0 Å². The van der Waals surface area contributed by atoms with Gasteiger partial charge in [-0.3, -0.25) is 4.79 Å². The number of hydrogen-bond donors (Lipinski definition) is 0. The van der Waals surface area contributed by atoms with Crippen LogP contribution in [0.2, 0.25) is 0 Å². The van der Waals surface area contributed by atoms with Crippen molar-refractivity contribution >= 4 is 5.91 Å². The van der Waals surface area contributed by atoms with Gasteiger partial charge in [0.05, 0.1) is 6.54 Å². The number of hydrogen-bond acceptors (Lipinski definition) is 3. The molecule has 2 rings (SSSR count). The fraction of sp³-hybridized carbons (Fsp3) is 0.500. The maximum atomic E-state index is 11.8. The Morgan fingerprint density at radius 3 is 2.72 bits per heavy atom. The highest BCUT2D eigenvalue weighted by molar-refractivity contribution is 5.77. The molecule has 98 valence electrons. The van der Waals surface area contributed by atoms with Crippen LogP contribution in [0.1, 0.15) is 13.8 Å². The van der Waals surface area contributed by atoms with E-state index in [2.05, 4.69) is 0 Å². The third-order valence-electron chi connectivity index (χ3n) is 2.92. The molecule has 1 aliphatic heterocycles. The predicted octanol–water partition coefficient (Wildman–Crippen LogP) is 1.94. The normalized spacial score (nSPS) is 17.7. The van der Waals surface area contributed by atoms with E-state index in [1.807, 2.05) is 38.1 Å². The summed E-state index contributed by atoms with van der Waals surface area (Å²) in [6, 6.07) is 7.59. The van der Waals surface area contributed by atoms with Crippen molar-refractivity contribution in [3.05, 3.63) is 24.3 Å². The number of rotatable bonds is 3. The van der Waals surface area contributed by atoms with Crippen LogP contribution in [0.3, 0.4) is 0 Å². The third kappa shape index (κ3) is 2.75. The second-order valence-corrected chi connectivity index (χ2v) is 4.87. The summed E-state index contributed by atoms with van der Waals surface area (Å²) in [5.74, 6) is 1.65. The molecule has 0 bridgehead atoms. The molecular weight excluding hydrogens is 230 g/mol. The maximum Gasteiger partial charge on any atom is 0.224 e. The summed E-state index contributed by atoms with van der Waals surface area (Å²) in [5.41, 5.74) is 0. The van der Waals surface area contributed by atoms with Crippen molar-refractivity contribution < 1.29 is 14.3 Å². The van der Waals surface area contributed by atoms with Crippen molar-refractivity contribution in [1.82, 2.24) is 4.90 Å². The molecule has 1 atom stereocenters. The summed E-state index contributed by atoms with van der Waals surface area (Å²) in [6.45, 7) is 4.82. The zero-order valence-electron chi connectivity index (χ0n) is 11.1. The fourth-order valence-corrected chi connectivity index (χ4v) is 1.99. The summed E-state index contributed by atoms with van der Waals surface area (Å²) >= 11 is 0. The largest absolute Gasteiger partial charge is 0.486 e. The molecule has 0 aromatic heterocycles. The van der Waals surface area contributed by atoms with Crippen molar-refractivity contribution in [3.63, 3.8) is 0 Å². The third-order valence-corrected chi connectivity index (χ3v) is 2.92. The average Bonchev–Trinajstić information content (AvgIpc) is 2.37. The Labute approximate surface area is 107 Å². The molecule has 1 amide bonds. The maximum absolute atomic E-state index is 11.8. The number of likely N-dealkylation sites (N-methyl/N-ethyl adjacent to an activating group) is 1. The van der Waals surface area contributed by atoms with Crippen molar-refractivity contribution in [2.75, 3.05) is 20.2 Å². The number of amides is 1. The van der Waals surface area contributed by atoms with Crippen LogP contribution in [0.25, 0.3) is 0 Å². The van der Waals surface area contributed by atoms with Crippen LogP contribution in [0.15, 0.2) is 24.3 Å². The molecule has 18 heavy (non-hydrogen) atoms. The Balaban J connectivity index is 1.96. The minimum atomic E-state index is -0.104. The van der Waals surface area contributed by atoms with Gasteiger partial charge >= 0.3 is 0 Å². The number of para-hydroxylation sites is 2. The molecule has 0 saturated heterocycles. The lowest BCUT2D eigenvalue weighted by molar-refractivity contribution is -0.134. The van der Waals surface area contributed by atoms with Crippen molar-refractivity contribution in [1.29, 1.82) is 0 Å². The summed E-state index contributed by atoms with van der Waals surface area (Å²) < 4.78 is 11.4. The topological polar surface area (TPSA) is 38.8 Å². The Morgan fingerprint density at radius 2 is 2.06 bits per heavy atom. The van der Waals surface area contributed by atoms with E-state index in [1.54, 1.807) is 11.9 Å². The van der Waals surface area contributed by atoms with Gasteiger partial charge in [0.25, 0.3) is 0 Å². The minimum Gasteiger partial charge on any atom is -0.486 e. The second-order valence-electron chi connectivity index (χ2n) is 4.87. The molecule has 4 heteroatoms. The van der Waals surface area contributed by atoms with Gasteiger partial charge in [-0.1, -0.05) is 26.0 Å². The van der Waals surface area contributed by atoms with E-state index >= 15 is 0 Å². The molecule has 0 fully saturated rings. The SMILES string of the molecule is CC(C)C(=O)N(C)CC1COc2ccccc2O1. The van der Waals surface area contributed by atoms with E-state index in [1.165, 1.54) is 0 Å². The van der Waals surface area contributed by atoms with Gasteiger partial charge in [0.1, 0.15) is 6.61 Å². The number of benzene rings is 1. The van der Waals surface area contributed by atoms with E-state index in [-0.39, 0.29) is 17.9 Å². The molecule has 0 spiro atoms. The van der Waals surface area contributed by atoms with Crippen molar-refractivity contribution in [2.45, 2.75) is 20.0 Å². The molecule has 0 saturated carbocycles. The fourth-order valence-electron chi connectivity index (χ4n) is 1.99. The molecule has 1 aliphatic rings. The molecule has 0 aliphatic carbocycles. The number of carbonyl (C=O) groups excluding carboxylic acids is 1. The lowest BCUT2D eigenvalue weighted by Gasteiger charge is -2.30. The molecule has 1 heterocycles. The van der Waals surface area contributed by atoms with Gasteiger partial charge in [-0.25, -0.2) is 0 Å². The summed E-state index contributed by atoms with van der Waals surface area (Å²) in [6.07, 6.45) is -0.104. The van der Waals surface area contributed by atoms with Crippen molar-refractivity contribution in [3.8, 4) is 11.5 Å². The lowest BCUT2D eigenvalue weighted by atomic mass is 10.2. The lowest BCUT2D eigenvalue weighted by Crippen LogP contribution is -2.43. The summed E-state index contributed by atoms with van der Waals surface area (Å²) in [4.78, 5) is 13.5. The van der Waals surface area contributed by atoms with E-state index in [4.69, 9.17) is 9.47 Å². The van der Waals surface area contributed by atoms with E-state index < -0.39 is 0 Å². The predicted molar refractivity (Wildman–Crippen MR) is 68.8 cm³/mol. The van der Waals surface area contributed by atoms with Gasteiger partial charge in [-0.2, -0.15) is 0 Å². The first-order valence-corrected chi connectivity index (χ1v) is 6.21. The highest BCUT2D eigenvalue weighted by atomic mass is 16.6. The van der Waals surface area contributed by atoms with Crippen LogP contribution in [0, 0.1) is 5.92 Å². The molecule has 0 N–H and O–H groups in total. The van der Waals surface area contributed by atoms with Gasteiger partial charge in [0.2, 0.25) is 5.91 Å². The van der Waals surface area contributed by atoms with Crippen LogP contribution < -0.4 is 9.47 Å². The highest BCUT2D eigenvalue weighted by Gasteiger charge is 2.24. The molecule has 1 aromatic rings. The first-order chi connectivity index (χ1) is 8.58. The number of nitrogens with zero attached hydrogens (tertiary/aromatic N) is 1. The Morgan fingerprint density at radius 1 is 1.39 bits per heavy atom. The van der Waals surface area contributed by atoms with Crippen LogP contribution >= 0.6 is 0 Å².